The van der Waals surface area contributed by atoms with Crippen LogP contribution in [0, 0.1) is 19.8 Å². The fourth-order valence-electron chi connectivity index (χ4n) is 2.83. The van der Waals surface area contributed by atoms with Crippen LogP contribution in [-0.4, -0.2) is 35.4 Å². The second kappa shape index (κ2) is 6.95. The van der Waals surface area contributed by atoms with Crippen LogP contribution in [0.3, 0.4) is 0 Å². The zero-order chi connectivity index (χ0) is 17.1. The number of hydrogen-bond acceptors (Lipinski definition) is 4. The number of para-hydroxylation sites is 1. The predicted molar refractivity (Wildman–Crippen MR) is 90.6 cm³/mol. The van der Waals surface area contributed by atoms with Gasteiger partial charge in [0.1, 0.15) is 13.2 Å². The molecule has 128 valence electrons. The Balaban J connectivity index is 1.60. The SMILES string of the molecule is Cc1cc(C)n(C[C@@H](C)CNC(=O)c2cccc3c2OCCO3)n1. The van der Waals surface area contributed by atoms with Gasteiger partial charge in [0.2, 0.25) is 0 Å². The smallest absolute Gasteiger partial charge is 0.255 e. The molecule has 1 amide bonds. The topological polar surface area (TPSA) is 65.4 Å². The van der Waals surface area contributed by atoms with E-state index in [1.54, 1.807) is 6.07 Å². The molecule has 0 aliphatic carbocycles. The van der Waals surface area contributed by atoms with Crippen molar-refractivity contribution < 1.29 is 14.3 Å². The number of rotatable bonds is 5. The van der Waals surface area contributed by atoms with E-state index in [9.17, 15) is 4.79 Å². The predicted octanol–water partition coefficient (Wildman–Crippen LogP) is 2.34. The Morgan fingerprint density at radius 3 is 2.88 bits per heavy atom. The molecule has 0 bridgehead atoms. The van der Waals surface area contributed by atoms with E-state index in [2.05, 4.69) is 23.4 Å². The van der Waals surface area contributed by atoms with Crippen molar-refractivity contribution in [2.24, 2.45) is 5.92 Å². The highest BCUT2D eigenvalue weighted by atomic mass is 16.6. The zero-order valence-corrected chi connectivity index (χ0v) is 14.3. The number of ether oxygens (including phenoxy) is 2. The van der Waals surface area contributed by atoms with E-state index in [4.69, 9.17) is 9.47 Å². The molecule has 24 heavy (non-hydrogen) atoms. The molecule has 0 unspecified atom stereocenters. The Kier molecular flexibility index (Phi) is 4.74. The lowest BCUT2D eigenvalue weighted by Crippen LogP contribution is -2.31. The molecule has 0 radical (unpaired) electrons. The van der Waals surface area contributed by atoms with Gasteiger partial charge in [0.25, 0.3) is 5.91 Å². The third-order valence-corrected chi connectivity index (χ3v) is 4.01. The molecule has 0 spiro atoms. The molecule has 6 nitrogen and oxygen atoms in total. The lowest BCUT2D eigenvalue weighted by atomic mass is 10.1. The number of aromatic nitrogens is 2. The van der Waals surface area contributed by atoms with Crippen molar-refractivity contribution in [1.29, 1.82) is 0 Å². The van der Waals surface area contributed by atoms with Gasteiger partial charge >= 0.3 is 0 Å². The average molecular weight is 329 g/mol. The summed E-state index contributed by atoms with van der Waals surface area (Å²) >= 11 is 0. The highest BCUT2D eigenvalue weighted by Gasteiger charge is 2.20. The van der Waals surface area contributed by atoms with E-state index in [0.29, 0.717) is 36.8 Å². The van der Waals surface area contributed by atoms with Gasteiger partial charge in [0.05, 0.1) is 11.3 Å². The van der Waals surface area contributed by atoms with Gasteiger partial charge in [0, 0.05) is 18.8 Å². The number of fused-ring (bicyclic) bond motifs is 1. The Morgan fingerprint density at radius 1 is 1.33 bits per heavy atom. The first-order valence-electron chi connectivity index (χ1n) is 8.22. The number of nitrogens with zero attached hydrogens (tertiary/aromatic N) is 2. The molecule has 6 heteroatoms. The second-order valence-electron chi connectivity index (χ2n) is 6.25. The summed E-state index contributed by atoms with van der Waals surface area (Å²) < 4.78 is 13.1. The van der Waals surface area contributed by atoms with Gasteiger partial charge in [-0.1, -0.05) is 13.0 Å². The van der Waals surface area contributed by atoms with Gasteiger partial charge in [-0.15, -0.1) is 0 Å². The highest BCUT2D eigenvalue weighted by molar-refractivity contribution is 5.97. The minimum absolute atomic E-state index is 0.141. The number of nitrogens with one attached hydrogen (secondary N) is 1. The molecule has 1 N–H and O–H groups in total. The molecule has 3 rings (SSSR count). The molecule has 2 heterocycles. The maximum atomic E-state index is 12.5. The summed E-state index contributed by atoms with van der Waals surface area (Å²) in [6.07, 6.45) is 0. The van der Waals surface area contributed by atoms with Crippen molar-refractivity contribution in [3.63, 3.8) is 0 Å². The summed E-state index contributed by atoms with van der Waals surface area (Å²) in [4.78, 5) is 12.5. The summed E-state index contributed by atoms with van der Waals surface area (Å²) in [5, 5.41) is 7.44. The van der Waals surface area contributed by atoms with Crippen LogP contribution in [0.5, 0.6) is 11.5 Å². The maximum Gasteiger partial charge on any atom is 0.255 e. The van der Waals surface area contributed by atoms with Crippen molar-refractivity contribution >= 4 is 5.91 Å². The van der Waals surface area contributed by atoms with Crippen LogP contribution in [-0.2, 0) is 6.54 Å². The van der Waals surface area contributed by atoms with E-state index in [0.717, 1.165) is 17.9 Å². The molecule has 1 aromatic carbocycles. The van der Waals surface area contributed by atoms with E-state index in [1.807, 2.05) is 30.7 Å². The van der Waals surface area contributed by atoms with Crippen molar-refractivity contribution in [2.75, 3.05) is 19.8 Å². The fraction of sp³-hybridized carbons (Fsp3) is 0.444. The standard InChI is InChI=1S/C18H23N3O3/c1-12(11-21-14(3)9-13(2)20-21)10-19-18(22)15-5-4-6-16-17(15)24-8-7-23-16/h4-6,9,12H,7-8,10-11H2,1-3H3,(H,19,22)/t12-/m0/s1. The fourth-order valence-corrected chi connectivity index (χ4v) is 2.83. The summed E-state index contributed by atoms with van der Waals surface area (Å²) in [7, 11) is 0. The van der Waals surface area contributed by atoms with Gasteiger partial charge in [-0.05, 0) is 38.0 Å². The summed E-state index contributed by atoms with van der Waals surface area (Å²) in [6.45, 7) is 8.43. The Labute approximate surface area is 141 Å². The van der Waals surface area contributed by atoms with Crippen LogP contribution in [0.2, 0.25) is 0 Å². The quantitative estimate of drug-likeness (QED) is 0.914. The van der Waals surface area contributed by atoms with Crippen LogP contribution in [0.25, 0.3) is 0 Å². The molecular formula is C18H23N3O3. The van der Waals surface area contributed by atoms with Crippen molar-refractivity contribution in [2.45, 2.75) is 27.3 Å². The minimum atomic E-state index is -0.141. The second-order valence-corrected chi connectivity index (χ2v) is 6.25. The highest BCUT2D eigenvalue weighted by Crippen LogP contribution is 2.33. The van der Waals surface area contributed by atoms with E-state index >= 15 is 0 Å². The first-order valence-corrected chi connectivity index (χ1v) is 8.22. The molecule has 0 saturated carbocycles. The summed E-state index contributed by atoms with van der Waals surface area (Å²) in [6, 6.07) is 7.44. The lowest BCUT2D eigenvalue weighted by molar-refractivity contribution is 0.0935. The number of carbonyl (C=O) groups is 1. The Hall–Kier alpha value is -2.50. The third kappa shape index (κ3) is 3.53. The van der Waals surface area contributed by atoms with Gasteiger partial charge in [-0.3, -0.25) is 9.48 Å². The van der Waals surface area contributed by atoms with Gasteiger partial charge in [-0.25, -0.2) is 0 Å². The van der Waals surface area contributed by atoms with Crippen LogP contribution in [0.4, 0.5) is 0 Å². The lowest BCUT2D eigenvalue weighted by Gasteiger charge is -2.21. The van der Waals surface area contributed by atoms with Gasteiger partial charge in [-0.2, -0.15) is 5.10 Å². The minimum Gasteiger partial charge on any atom is -0.486 e. The average Bonchev–Trinajstić information content (AvgIpc) is 2.89. The van der Waals surface area contributed by atoms with Crippen molar-refractivity contribution in [3.05, 3.63) is 41.2 Å². The first-order chi connectivity index (χ1) is 11.5. The number of carbonyl (C=O) groups excluding carboxylic acids is 1. The molecule has 1 aliphatic heterocycles. The van der Waals surface area contributed by atoms with Gasteiger partial charge in [0.15, 0.2) is 11.5 Å². The largest absolute Gasteiger partial charge is 0.486 e. The van der Waals surface area contributed by atoms with Crippen LogP contribution < -0.4 is 14.8 Å². The van der Waals surface area contributed by atoms with Gasteiger partial charge < -0.3 is 14.8 Å². The molecule has 1 atom stereocenters. The molecule has 0 saturated heterocycles. The Morgan fingerprint density at radius 2 is 2.12 bits per heavy atom. The molecular weight excluding hydrogens is 306 g/mol. The number of amides is 1. The molecule has 1 aliphatic rings. The van der Waals surface area contributed by atoms with Crippen molar-refractivity contribution in [1.82, 2.24) is 15.1 Å². The first kappa shape index (κ1) is 16.4. The van der Waals surface area contributed by atoms with E-state index in [1.165, 1.54) is 0 Å². The molecule has 1 aromatic heterocycles. The molecule has 2 aromatic rings. The molecule has 0 fully saturated rings. The summed E-state index contributed by atoms with van der Waals surface area (Å²) in [5.41, 5.74) is 2.66. The Bertz CT molecular complexity index is 739. The van der Waals surface area contributed by atoms with Crippen molar-refractivity contribution in [3.8, 4) is 11.5 Å². The maximum absolute atomic E-state index is 12.5. The van der Waals surface area contributed by atoms with Crippen LogP contribution in [0.15, 0.2) is 24.3 Å². The number of aryl methyl sites for hydroxylation is 2. The zero-order valence-electron chi connectivity index (χ0n) is 14.3. The van der Waals surface area contributed by atoms with E-state index < -0.39 is 0 Å². The summed E-state index contributed by atoms with van der Waals surface area (Å²) in [5.74, 6) is 1.29. The number of hydrogen-bond donors (Lipinski definition) is 1. The third-order valence-electron chi connectivity index (χ3n) is 4.01. The van der Waals surface area contributed by atoms with Crippen LogP contribution >= 0.6 is 0 Å². The van der Waals surface area contributed by atoms with E-state index in [-0.39, 0.29) is 11.8 Å². The monoisotopic (exact) mass is 329 g/mol. The number of benzene rings is 1. The van der Waals surface area contributed by atoms with Crippen LogP contribution in [0.1, 0.15) is 28.7 Å². The normalized spacial score (nSPS) is 14.3.